The average molecular weight is 785 g/mol. The molecule has 13 heteroatoms. The molecule has 2 saturated heterocycles. The van der Waals surface area contributed by atoms with Gasteiger partial charge in [0.1, 0.15) is 48.8 Å². The summed E-state index contributed by atoms with van der Waals surface area (Å²) >= 11 is 0. The number of aliphatic hydroxyl groups is 9. The van der Waals surface area contributed by atoms with Crippen LogP contribution < -0.4 is 0 Å². The second kappa shape index (κ2) is 15.7. The summed E-state index contributed by atoms with van der Waals surface area (Å²) < 4.78 is 24.4. The van der Waals surface area contributed by atoms with Crippen molar-refractivity contribution in [3.8, 4) is 0 Å². The molecule has 2 unspecified atom stereocenters. The van der Waals surface area contributed by atoms with E-state index in [0.29, 0.717) is 19.3 Å². The first-order valence-electron chi connectivity index (χ1n) is 20.9. The zero-order valence-corrected chi connectivity index (χ0v) is 34.3. The highest BCUT2D eigenvalue weighted by atomic mass is 16.8. The minimum Gasteiger partial charge on any atom is -0.394 e. The van der Waals surface area contributed by atoms with E-state index in [0.717, 1.165) is 38.5 Å². The zero-order chi connectivity index (χ0) is 40.6. The molecule has 0 aromatic heterocycles. The van der Waals surface area contributed by atoms with Crippen LogP contribution in [0.2, 0.25) is 0 Å². The monoisotopic (exact) mass is 784 g/mol. The topological polar surface area (TPSA) is 219 Å². The van der Waals surface area contributed by atoms with Crippen LogP contribution in [0.4, 0.5) is 0 Å². The average Bonchev–Trinajstić information content (AvgIpc) is 3.50. The van der Waals surface area contributed by atoms with E-state index in [4.69, 9.17) is 18.9 Å². The molecule has 0 spiro atoms. The first kappa shape index (κ1) is 43.8. The van der Waals surface area contributed by atoms with Crippen LogP contribution in [-0.4, -0.2) is 138 Å². The van der Waals surface area contributed by atoms with Crippen molar-refractivity contribution in [2.75, 3.05) is 13.2 Å². The van der Waals surface area contributed by atoms with Gasteiger partial charge in [-0.15, -0.1) is 0 Å². The van der Waals surface area contributed by atoms with E-state index >= 15 is 0 Å². The summed E-state index contributed by atoms with van der Waals surface area (Å²) in [7, 11) is 0. The van der Waals surface area contributed by atoms with Crippen molar-refractivity contribution < 1.29 is 64.9 Å². The molecule has 0 aromatic carbocycles. The van der Waals surface area contributed by atoms with Gasteiger partial charge in [-0.2, -0.15) is 0 Å². The number of aliphatic hydroxyl groups excluding tert-OH is 8. The lowest BCUT2D eigenvalue weighted by Crippen LogP contribution is -2.68. The van der Waals surface area contributed by atoms with E-state index in [-0.39, 0.29) is 39.9 Å². The van der Waals surface area contributed by atoms with Crippen molar-refractivity contribution in [2.45, 2.75) is 192 Å². The Morgan fingerprint density at radius 3 is 1.95 bits per heavy atom. The third kappa shape index (κ3) is 7.20. The summed E-state index contributed by atoms with van der Waals surface area (Å²) in [6.45, 7) is 16.5. The van der Waals surface area contributed by atoms with Gasteiger partial charge in [0.2, 0.25) is 0 Å². The van der Waals surface area contributed by atoms with E-state index in [1.807, 2.05) is 6.92 Å². The molecule has 0 amide bonds. The number of ether oxygens (including phenoxy) is 4. The minimum atomic E-state index is -1.75. The van der Waals surface area contributed by atoms with Crippen LogP contribution in [0.5, 0.6) is 0 Å². The van der Waals surface area contributed by atoms with Gasteiger partial charge in [-0.05, 0) is 124 Å². The fourth-order valence-electron chi connectivity index (χ4n) is 13.3. The molecule has 0 bridgehead atoms. The van der Waals surface area contributed by atoms with Gasteiger partial charge in [-0.25, -0.2) is 0 Å². The SMILES string of the molecule is CC(C)=CCC[C@@](C)(O)[C@H]1CC[C@@]2(C)[C@H]1[C@@H](O)CC1[C@@]3(C)CC[C@@H](O[C@@H]4O[C@H](CO)[C@@H](O)[C@H](O)[C@H]4O[C@@H]4O[C@H](CO)[C@@H](O)[C@H](O)[C@H]4O)C(C)(C)C3CC[C@]12C. The second-order valence-corrected chi connectivity index (χ2v) is 20.1. The van der Waals surface area contributed by atoms with Gasteiger partial charge in [-0.3, -0.25) is 0 Å². The molecule has 55 heavy (non-hydrogen) atoms. The number of rotatable bonds is 10. The van der Waals surface area contributed by atoms with E-state index in [1.165, 1.54) is 5.57 Å². The van der Waals surface area contributed by atoms with Crippen molar-refractivity contribution in [1.82, 2.24) is 0 Å². The van der Waals surface area contributed by atoms with Gasteiger partial charge in [0.25, 0.3) is 0 Å². The fourth-order valence-corrected chi connectivity index (χ4v) is 13.3. The molecule has 9 N–H and O–H groups in total. The van der Waals surface area contributed by atoms with Gasteiger partial charge in [-0.1, -0.05) is 46.3 Å². The van der Waals surface area contributed by atoms with Crippen molar-refractivity contribution in [1.29, 1.82) is 0 Å². The third-order valence-electron chi connectivity index (χ3n) is 16.6. The molecular formula is C42H72O13. The van der Waals surface area contributed by atoms with Crippen molar-refractivity contribution >= 4 is 0 Å². The Hall–Kier alpha value is -0.780. The van der Waals surface area contributed by atoms with Crippen LogP contribution in [0.25, 0.3) is 0 Å². The Morgan fingerprint density at radius 2 is 1.33 bits per heavy atom. The van der Waals surface area contributed by atoms with Crippen LogP contribution in [-0.2, 0) is 18.9 Å². The highest BCUT2D eigenvalue weighted by Crippen LogP contribution is 2.76. The Bertz CT molecular complexity index is 1370. The normalized spacial score (nSPS) is 52.0. The van der Waals surface area contributed by atoms with Gasteiger partial charge in [0.05, 0.1) is 31.0 Å². The van der Waals surface area contributed by atoms with Gasteiger partial charge < -0.3 is 64.9 Å². The van der Waals surface area contributed by atoms with Crippen LogP contribution in [0.15, 0.2) is 11.6 Å². The first-order chi connectivity index (χ1) is 25.6. The summed E-state index contributed by atoms with van der Waals surface area (Å²) in [5.41, 5.74) is -0.405. The molecule has 4 aliphatic carbocycles. The first-order valence-corrected chi connectivity index (χ1v) is 20.9. The van der Waals surface area contributed by atoms with Crippen molar-refractivity contribution in [2.24, 2.45) is 45.3 Å². The lowest BCUT2D eigenvalue weighted by molar-refractivity contribution is -0.378. The number of hydrogen-bond donors (Lipinski definition) is 9. The predicted molar refractivity (Wildman–Crippen MR) is 201 cm³/mol. The number of allylic oxidation sites excluding steroid dienone is 2. The molecule has 318 valence electrons. The Labute approximate surface area is 327 Å². The Kier molecular flexibility index (Phi) is 12.5. The molecule has 6 rings (SSSR count). The summed E-state index contributed by atoms with van der Waals surface area (Å²) in [5.74, 6) is 0.445. The minimum absolute atomic E-state index is 0.00798. The van der Waals surface area contributed by atoms with Gasteiger partial charge in [0.15, 0.2) is 12.6 Å². The molecule has 2 aliphatic heterocycles. The lowest BCUT2D eigenvalue weighted by atomic mass is 9.35. The lowest BCUT2D eigenvalue weighted by Gasteiger charge is -2.70. The summed E-state index contributed by atoms with van der Waals surface area (Å²) in [5, 5.41) is 97.4. The van der Waals surface area contributed by atoms with Crippen LogP contribution in [0.3, 0.4) is 0 Å². The molecule has 20 atom stereocenters. The predicted octanol–water partition coefficient (Wildman–Crippen LogP) is 2.15. The largest absolute Gasteiger partial charge is 0.394 e. The van der Waals surface area contributed by atoms with Crippen LogP contribution >= 0.6 is 0 Å². The fraction of sp³-hybridized carbons (Fsp3) is 0.952. The molecule has 0 aromatic rings. The second-order valence-electron chi connectivity index (χ2n) is 20.1. The molecule has 6 fully saturated rings. The van der Waals surface area contributed by atoms with Gasteiger partial charge in [0, 0.05) is 0 Å². The molecule has 4 saturated carbocycles. The van der Waals surface area contributed by atoms with E-state index < -0.39 is 97.8 Å². The Balaban J connectivity index is 1.23. The maximum atomic E-state index is 12.2. The third-order valence-corrected chi connectivity index (χ3v) is 16.6. The highest BCUT2D eigenvalue weighted by Gasteiger charge is 2.71. The molecule has 13 nitrogen and oxygen atoms in total. The maximum absolute atomic E-state index is 12.2. The molecule has 6 aliphatic rings. The highest BCUT2D eigenvalue weighted by molar-refractivity contribution is 5.20. The molecular weight excluding hydrogens is 712 g/mol. The van der Waals surface area contributed by atoms with E-state index in [2.05, 4.69) is 54.5 Å². The summed E-state index contributed by atoms with van der Waals surface area (Å²) in [4.78, 5) is 0. The Morgan fingerprint density at radius 1 is 0.727 bits per heavy atom. The standard InChI is InChI=1S/C42H72O13/c1-21(2)10-9-14-42(8,51)22-11-16-41(7)29(22)23(45)18-27-39(5)15-13-28(38(3,4)26(39)12-17-40(27,41)6)54-37-35(33(49)31(47)25(20-44)53-37)55-36-34(50)32(48)30(46)24(19-43)52-36/h10,22-37,43-51H,9,11-20H2,1-8H3/t22-,23-,24+,25+,26?,27?,28+,29+,30+,31+,32-,33-,34+,35+,36-,37-,39-,40+,41-,42+/m0/s1. The summed E-state index contributed by atoms with van der Waals surface area (Å²) in [6.07, 6.45) is -6.48. The smallest absolute Gasteiger partial charge is 0.187 e. The molecule has 2 heterocycles. The number of fused-ring (bicyclic) bond motifs is 5. The number of hydrogen-bond acceptors (Lipinski definition) is 13. The van der Waals surface area contributed by atoms with Gasteiger partial charge >= 0.3 is 0 Å². The maximum Gasteiger partial charge on any atom is 0.187 e. The molecule has 0 radical (unpaired) electrons. The van der Waals surface area contributed by atoms with Crippen molar-refractivity contribution in [3.05, 3.63) is 11.6 Å². The zero-order valence-electron chi connectivity index (χ0n) is 34.3. The van der Waals surface area contributed by atoms with E-state index in [1.54, 1.807) is 0 Å². The quantitative estimate of drug-likeness (QED) is 0.115. The van der Waals surface area contributed by atoms with Crippen LogP contribution in [0.1, 0.15) is 113 Å². The van der Waals surface area contributed by atoms with Crippen molar-refractivity contribution in [3.63, 3.8) is 0 Å². The summed E-state index contributed by atoms with van der Waals surface area (Å²) in [6, 6.07) is 0. The van der Waals surface area contributed by atoms with Crippen LogP contribution in [0, 0.1) is 45.3 Å². The van der Waals surface area contributed by atoms with E-state index in [9.17, 15) is 46.0 Å².